The molecule has 2 aromatic carbocycles. The third-order valence-corrected chi connectivity index (χ3v) is 3.89. The second-order valence-corrected chi connectivity index (χ2v) is 5.57. The van der Waals surface area contributed by atoms with Crippen molar-refractivity contribution in [2.75, 3.05) is 6.61 Å². The summed E-state index contributed by atoms with van der Waals surface area (Å²) in [5, 5.41) is 13.8. The average Bonchev–Trinajstić information content (AvgIpc) is 2.56. The van der Waals surface area contributed by atoms with Crippen molar-refractivity contribution in [1.29, 1.82) is 0 Å². The molecule has 5 heteroatoms. The zero-order valence-corrected chi connectivity index (χ0v) is 13.3. The first-order valence-electron chi connectivity index (χ1n) is 7.65. The van der Waals surface area contributed by atoms with Gasteiger partial charge in [0.05, 0.1) is 0 Å². The van der Waals surface area contributed by atoms with E-state index in [2.05, 4.69) is 5.32 Å². The van der Waals surface area contributed by atoms with Crippen molar-refractivity contribution in [3.8, 4) is 5.75 Å². The Hall–Kier alpha value is -2.56. The standard InChI is InChI=1S/C18H21NO4/c1-3-12(2)17(18(21)22)19-16(20)11-23-15-9-8-13-6-4-5-7-14(13)10-15/h4-10,12,17H,3,11H2,1-2H3,(H,19,20)(H,21,22). The molecule has 0 aliphatic carbocycles. The van der Waals surface area contributed by atoms with Gasteiger partial charge in [0.2, 0.25) is 0 Å². The van der Waals surface area contributed by atoms with Crippen molar-refractivity contribution in [1.82, 2.24) is 5.32 Å². The van der Waals surface area contributed by atoms with Gasteiger partial charge in [-0.2, -0.15) is 0 Å². The molecule has 1 amide bonds. The minimum Gasteiger partial charge on any atom is -0.484 e. The lowest BCUT2D eigenvalue weighted by atomic mass is 9.99. The summed E-state index contributed by atoms with van der Waals surface area (Å²) in [5.41, 5.74) is 0. The molecule has 5 nitrogen and oxygen atoms in total. The number of carbonyl (C=O) groups is 2. The first-order chi connectivity index (χ1) is 11.0. The molecule has 0 spiro atoms. The van der Waals surface area contributed by atoms with Gasteiger partial charge in [0.25, 0.3) is 5.91 Å². The Morgan fingerprint density at radius 1 is 1.17 bits per heavy atom. The van der Waals surface area contributed by atoms with Crippen LogP contribution in [0.4, 0.5) is 0 Å². The summed E-state index contributed by atoms with van der Waals surface area (Å²) in [7, 11) is 0. The van der Waals surface area contributed by atoms with E-state index in [0.717, 1.165) is 10.8 Å². The highest BCUT2D eigenvalue weighted by Gasteiger charge is 2.25. The minimum absolute atomic E-state index is 0.142. The number of benzene rings is 2. The van der Waals surface area contributed by atoms with E-state index in [9.17, 15) is 14.7 Å². The molecule has 2 atom stereocenters. The molecule has 0 aromatic heterocycles. The Balaban J connectivity index is 1.95. The van der Waals surface area contributed by atoms with E-state index < -0.39 is 17.9 Å². The Bertz CT molecular complexity index is 698. The Morgan fingerprint density at radius 3 is 2.52 bits per heavy atom. The van der Waals surface area contributed by atoms with E-state index in [0.29, 0.717) is 12.2 Å². The number of nitrogens with one attached hydrogen (secondary N) is 1. The number of aliphatic carboxylic acids is 1. The lowest BCUT2D eigenvalue weighted by molar-refractivity contribution is -0.143. The topological polar surface area (TPSA) is 75.6 Å². The van der Waals surface area contributed by atoms with Crippen LogP contribution in [0.5, 0.6) is 5.75 Å². The van der Waals surface area contributed by atoms with Gasteiger partial charge in [0.15, 0.2) is 6.61 Å². The fourth-order valence-corrected chi connectivity index (χ4v) is 2.30. The maximum absolute atomic E-state index is 11.9. The smallest absolute Gasteiger partial charge is 0.326 e. The zero-order chi connectivity index (χ0) is 16.8. The summed E-state index contributed by atoms with van der Waals surface area (Å²) in [6, 6.07) is 12.5. The molecule has 0 radical (unpaired) electrons. The van der Waals surface area contributed by atoms with Crippen LogP contribution in [0.3, 0.4) is 0 Å². The predicted molar refractivity (Wildman–Crippen MR) is 88.5 cm³/mol. The molecule has 0 aliphatic heterocycles. The van der Waals surface area contributed by atoms with E-state index in [1.807, 2.05) is 43.3 Å². The second-order valence-electron chi connectivity index (χ2n) is 5.57. The average molecular weight is 315 g/mol. The summed E-state index contributed by atoms with van der Waals surface area (Å²) < 4.78 is 5.46. The number of amides is 1. The van der Waals surface area contributed by atoms with Gasteiger partial charge in [-0.05, 0) is 28.8 Å². The maximum Gasteiger partial charge on any atom is 0.326 e. The van der Waals surface area contributed by atoms with Gasteiger partial charge in [-0.3, -0.25) is 4.79 Å². The van der Waals surface area contributed by atoms with Gasteiger partial charge in [-0.1, -0.05) is 50.6 Å². The Kier molecular flexibility index (Phi) is 5.57. The van der Waals surface area contributed by atoms with Crippen molar-refractivity contribution in [2.45, 2.75) is 26.3 Å². The molecule has 0 heterocycles. The molecule has 2 rings (SSSR count). The van der Waals surface area contributed by atoms with Crippen molar-refractivity contribution >= 4 is 22.6 Å². The number of ether oxygens (including phenoxy) is 1. The van der Waals surface area contributed by atoms with Crippen LogP contribution in [0.2, 0.25) is 0 Å². The number of hydrogen-bond donors (Lipinski definition) is 2. The number of carboxylic acid groups (broad SMARTS) is 1. The van der Waals surface area contributed by atoms with Crippen LogP contribution in [0.15, 0.2) is 42.5 Å². The fraction of sp³-hybridized carbons (Fsp3) is 0.333. The number of hydrogen-bond acceptors (Lipinski definition) is 3. The summed E-state index contributed by atoms with van der Waals surface area (Å²) in [6.45, 7) is 3.47. The van der Waals surface area contributed by atoms with Crippen molar-refractivity contribution < 1.29 is 19.4 Å². The van der Waals surface area contributed by atoms with Crippen molar-refractivity contribution in [3.63, 3.8) is 0 Å². The van der Waals surface area contributed by atoms with Crippen LogP contribution in [0.1, 0.15) is 20.3 Å². The normalized spacial score (nSPS) is 13.3. The van der Waals surface area contributed by atoms with E-state index in [1.54, 1.807) is 13.0 Å². The molecule has 0 fully saturated rings. The van der Waals surface area contributed by atoms with Gasteiger partial charge in [0, 0.05) is 0 Å². The van der Waals surface area contributed by atoms with E-state index in [1.165, 1.54) is 0 Å². The van der Waals surface area contributed by atoms with Gasteiger partial charge < -0.3 is 15.2 Å². The molecule has 2 aromatic rings. The SMILES string of the molecule is CCC(C)C(NC(=O)COc1ccc2ccccc2c1)C(=O)O. The van der Waals surface area contributed by atoms with Crippen LogP contribution in [-0.2, 0) is 9.59 Å². The largest absolute Gasteiger partial charge is 0.484 e. The monoisotopic (exact) mass is 315 g/mol. The Morgan fingerprint density at radius 2 is 1.87 bits per heavy atom. The van der Waals surface area contributed by atoms with Crippen molar-refractivity contribution in [2.24, 2.45) is 5.92 Å². The molecular weight excluding hydrogens is 294 g/mol. The number of carboxylic acids is 1. The molecular formula is C18H21NO4. The molecule has 0 saturated heterocycles. The van der Waals surface area contributed by atoms with Gasteiger partial charge in [-0.15, -0.1) is 0 Å². The second kappa shape index (κ2) is 7.63. The zero-order valence-electron chi connectivity index (χ0n) is 13.3. The number of rotatable bonds is 7. The van der Waals surface area contributed by atoms with Gasteiger partial charge >= 0.3 is 5.97 Å². The number of fused-ring (bicyclic) bond motifs is 1. The molecule has 2 N–H and O–H groups in total. The lowest BCUT2D eigenvalue weighted by Crippen LogP contribution is -2.46. The fourth-order valence-electron chi connectivity index (χ4n) is 2.30. The van der Waals surface area contributed by atoms with Crippen LogP contribution >= 0.6 is 0 Å². The molecule has 0 aliphatic rings. The highest BCUT2D eigenvalue weighted by molar-refractivity contribution is 5.85. The summed E-state index contributed by atoms with van der Waals surface area (Å²) in [6.07, 6.45) is 0.669. The number of carbonyl (C=O) groups excluding carboxylic acids is 1. The summed E-state index contributed by atoms with van der Waals surface area (Å²) in [4.78, 5) is 23.1. The van der Waals surface area contributed by atoms with Crippen LogP contribution in [0, 0.1) is 5.92 Å². The molecule has 23 heavy (non-hydrogen) atoms. The molecule has 122 valence electrons. The van der Waals surface area contributed by atoms with Crippen molar-refractivity contribution in [3.05, 3.63) is 42.5 Å². The van der Waals surface area contributed by atoms with Crippen LogP contribution in [0.25, 0.3) is 10.8 Å². The first kappa shape index (κ1) is 16.8. The van der Waals surface area contributed by atoms with E-state index in [-0.39, 0.29) is 12.5 Å². The Labute approximate surface area is 135 Å². The molecule has 0 saturated carbocycles. The molecule has 2 unspecified atom stereocenters. The lowest BCUT2D eigenvalue weighted by Gasteiger charge is -2.20. The van der Waals surface area contributed by atoms with Gasteiger partial charge in [-0.25, -0.2) is 4.79 Å². The molecule has 0 bridgehead atoms. The summed E-state index contributed by atoms with van der Waals surface area (Å²) in [5.74, 6) is -1.03. The van der Waals surface area contributed by atoms with E-state index in [4.69, 9.17) is 4.74 Å². The maximum atomic E-state index is 11.9. The third kappa shape index (κ3) is 4.45. The van der Waals surface area contributed by atoms with E-state index >= 15 is 0 Å². The third-order valence-electron chi connectivity index (χ3n) is 3.89. The highest BCUT2D eigenvalue weighted by Crippen LogP contribution is 2.20. The van der Waals surface area contributed by atoms with Crippen LogP contribution in [-0.4, -0.2) is 29.6 Å². The highest BCUT2D eigenvalue weighted by atomic mass is 16.5. The predicted octanol–water partition coefficient (Wildman–Crippen LogP) is 2.83. The minimum atomic E-state index is -1.03. The van der Waals surface area contributed by atoms with Gasteiger partial charge in [0.1, 0.15) is 11.8 Å². The summed E-state index contributed by atoms with van der Waals surface area (Å²) >= 11 is 0. The quantitative estimate of drug-likeness (QED) is 0.824. The van der Waals surface area contributed by atoms with Crippen LogP contribution < -0.4 is 10.1 Å². The first-order valence-corrected chi connectivity index (χ1v) is 7.65.